The number of hydrogen-bond donors (Lipinski definition) is 1. The number of likely N-dealkylation sites (tertiary alicyclic amines) is 1. The zero-order chi connectivity index (χ0) is 12.3. The van der Waals surface area contributed by atoms with E-state index in [1.54, 1.807) is 6.07 Å². The van der Waals surface area contributed by atoms with Gasteiger partial charge in [0.05, 0.1) is 11.6 Å². The second-order valence-electron chi connectivity index (χ2n) is 4.26. The number of carbonyl (C=O) groups is 1. The Morgan fingerprint density at radius 1 is 1.53 bits per heavy atom. The highest BCUT2D eigenvalue weighted by atomic mass is 35.5. The van der Waals surface area contributed by atoms with Crippen LogP contribution in [0.3, 0.4) is 0 Å². The number of aromatic nitrogens is 2. The van der Waals surface area contributed by atoms with Crippen molar-refractivity contribution in [3.8, 4) is 0 Å². The predicted molar refractivity (Wildman–Crippen MR) is 62.7 cm³/mol. The zero-order valence-electron chi connectivity index (χ0n) is 9.34. The molecule has 1 atom stereocenters. The molecule has 2 rings (SSSR count). The maximum absolute atomic E-state index is 10.9. The first-order valence-electron chi connectivity index (χ1n) is 5.58. The highest BCUT2D eigenvalue weighted by Gasteiger charge is 2.25. The van der Waals surface area contributed by atoms with E-state index < -0.39 is 5.97 Å². The van der Waals surface area contributed by atoms with Crippen molar-refractivity contribution in [2.24, 2.45) is 5.92 Å². The van der Waals surface area contributed by atoms with Crippen LogP contribution in [0.5, 0.6) is 0 Å². The molecule has 2 heterocycles. The molecule has 0 spiro atoms. The van der Waals surface area contributed by atoms with E-state index in [4.69, 9.17) is 16.7 Å². The number of hydrogen-bond acceptors (Lipinski definition) is 4. The molecule has 1 N–H and O–H groups in total. The summed E-state index contributed by atoms with van der Waals surface area (Å²) >= 11 is 5.65. The van der Waals surface area contributed by atoms with Crippen LogP contribution in [0, 0.1) is 5.92 Å². The van der Waals surface area contributed by atoms with Crippen LogP contribution in [0.2, 0.25) is 5.15 Å². The number of rotatable bonds is 3. The third-order valence-corrected chi connectivity index (χ3v) is 3.13. The van der Waals surface area contributed by atoms with Crippen LogP contribution in [0.1, 0.15) is 18.5 Å². The average Bonchev–Trinajstić information content (AvgIpc) is 2.32. The Kier molecular flexibility index (Phi) is 3.91. The molecule has 5 nitrogen and oxygen atoms in total. The monoisotopic (exact) mass is 255 g/mol. The number of piperidine rings is 1. The summed E-state index contributed by atoms with van der Waals surface area (Å²) in [6, 6.07) is 3.52. The molecule has 0 saturated carbocycles. The molecule has 0 bridgehead atoms. The standard InChI is InChI=1S/C11H14ClN3O2/c12-10-4-3-9(13-14-10)7-15-5-1-2-8(6-15)11(16)17/h3-4,8H,1-2,5-7H2,(H,16,17)/t8-/m0/s1. The highest BCUT2D eigenvalue weighted by molar-refractivity contribution is 6.29. The number of carboxylic acids is 1. The normalized spacial score (nSPS) is 21.4. The summed E-state index contributed by atoms with van der Waals surface area (Å²) in [5.74, 6) is -0.971. The fourth-order valence-electron chi connectivity index (χ4n) is 2.06. The van der Waals surface area contributed by atoms with E-state index in [0.717, 1.165) is 25.1 Å². The lowest BCUT2D eigenvalue weighted by atomic mass is 9.98. The molecule has 0 amide bonds. The van der Waals surface area contributed by atoms with Gasteiger partial charge in [-0.3, -0.25) is 9.69 Å². The van der Waals surface area contributed by atoms with Gasteiger partial charge >= 0.3 is 5.97 Å². The van der Waals surface area contributed by atoms with Crippen LogP contribution in [0.25, 0.3) is 0 Å². The largest absolute Gasteiger partial charge is 0.481 e. The van der Waals surface area contributed by atoms with Gasteiger partial charge in [0.15, 0.2) is 5.15 Å². The quantitative estimate of drug-likeness (QED) is 0.885. The molecule has 0 aromatic carbocycles. The van der Waals surface area contributed by atoms with E-state index in [1.165, 1.54) is 0 Å². The van der Waals surface area contributed by atoms with Crippen molar-refractivity contribution in [3.05, 3.63) is 23.0 Å². The van der Waals surface area contributed by atoms with Gasteiger partial charge in [-0.05, 0) is 31.5 Å². The van der Waals surface area contributed by atoms with Gasteiger partial charge in [0, 0.05) is 13.1 Å². The molecule has 1 fully saturated rings. The summed E-state index contributed by atoms with van der Waals surface area (Å²) in [4.78, 5) is 13.0. The third-order valence-electron chi connectivity index (χ3n) is 2.93. The van der Waals surface area contributed by atoms with E-state index in [9.17, 15) is 4.79 Å². The van der Waals surface area contributed by atoms with Crippen molar-refractivity contribution in [1.29, 1.82) is 0 Å². The number of aliphatic carboxylic acids is 1. The third kappa shape index (κ3) is 3.38. The minimum Gasteiger partial charge on any atom is -0.481 e. The molecule has 0 unspecified atom stereocenters. The maximum atomic E-state index is 10.9. The Hall–Kier alpha value is -1.20. The molecule has 1 aliphatic heterocycles. The molecule has 1 aliphatic rings. The molecule has 17 heavy (non-hydrogen) atoms. The molecule has 0 radical (unpaired) electrons. The van der Waals surface area contributed by atoms with Gasteiger partial charge in [-0.25, -0.2) is 0 Å². The summed E-state index contributed by atoms with van der Waals surface area (Å²) in [5, 5.41) is 17.1. The van der Waals surface area contributed by atoms with Gasteiger partial charge in [0.25, 0.3) is 0 Å². The van der Waals surface area contributed by atoms with Crippen LogP contribution < -0.4 is 0 Å². The summed E-state index contributed by atoms with van der Waals surface area (Å²) < 4.78 is 0. The Balaban J connectivity index is 1.94. The average molecular weight is 256 g/mol. The molecule has 1 aromatic heterocycles. The SMILES string of the molecule is O=C(O)[C@H]1CCCN(Cc2ccc(Cl)nn2)C1. The van der Waals surface area contributed by atoms with Crippen molar-refractivity contribution < 1.29 is 9.90 Å². The van der Waals surface area contributed by atoms with Gasteiger partial charge in [0.2, 0.25) is 0 Å². The summed E-state index contributed by atoms with van der Waals surface area (Å²) in [6.07, 6.45) is 1.68. The number of nitrogens with zero attached hydrogens (tertiary/aromatic N) is 3. The van der Waals surface area contributed by atoms with E-state index in [-0.39, 0.29) is 5.92 Å². The zero-order valence-corrected chi connectivity index (χ0v) is 10.1. The smallest absolute Gasteiger partial charge is 0.307 e. The number of carboxylic acid groups (broad SMARTS) is 1. The molecular weight excluding hydrogens is 242 g/mol. The fraction of sp³-hybridized carbons (Fsp3) is 0.545. The van der Waals surface area contributed by atoms with Gasteiger partial charge in [0.1, 0.15) is 0 Å². The van der Waals surface area contributed by atoms with Crippen molar-refractivity contribution >= 4 is 17.6 Å². The van der Waals surface area contributed by atoms with Crippen molar-refractivity contribution in [1.82, 2.24) is 15.1 Å². The lowest BCUT2D eigenvalue weighted by molar-refractivity contribution is -0.143. The Labute approximate surface area is 104 Å². The molecule has 92 valence electrons. The van der Waals surface area contributed by atoms with Crippen LogP contribution in [0.15, 0.2) is 12.1 Å². The summed E-state index contributed by atoms with van der Waals surface area (Å²) in [5.41, 5.74) is 0.820. The number of halogens is 1. The first-order valence-corrected chi connectivity index (χ1v) is 5.96. The summed E-state index contributed by atoms with van der Waals surface area (Å²) in [6.45, 7) is 2.13. The van der Waals surface area contributed by atoms with Gasteiger partial charge in [-0.15, -0.1) is 5.10 Å². The first-order chi connectivity index (χ1) is 8.15. The van der Waals surface area contributed by atoms with E-state index >= 15 is 0 Å². The van der Waals surface area contributed by atoms with Crippen LogP contribution in [-0.4, -0.2) is 39.3 Å². The second-order valence-corrected chi connectivity index (χ2v) is 4.65. The van der Waals surface area contributed by atoms with E-state index in [2.05, 4.69) is 15.1 Å². The Morgan fingerprint density at radius 2 is 2.35 bits per heavy atom. The molecule has 6 heteroatoms. The molecule has 0 aliphatic carbocycles. The van der Waals surface area contributed by atoms with Gasteiger partial charge in [-0.2, -0.15) is 5.10 Å². The topological polar surface area (TPSA) is 66.3 Å². The summed E-state index contributed by atoms with van der Waals surface area (Å²) in [7, 11) is 0. The van der Waals surface area contributed by atoms with Crippen molar-refractivity contribution in [3.63, 3.8) is 0 Å². The Bertz CT molecular complexity index is 396. The first kappa shape index (κ1) is 12.3. The van der Waals surface area contributed by atoms with Gasteiger partial charge in [-0.1, -0.05) is 11.6 Å². The van der Waals surface area contributed by atoms with Crippen LogP contribution in [-0.2, 0) is 11.3 Å². The van der Waals surface area contributed by atoms with Gasteiger partial charge < -0.3 is 5.11 Å². The fourth-order valence-corrected chi connectivity index (χ4v) is 2.16. The molecule has 1 aromatic rings. The minimum absolute atomic E-state index is 0.260. The van der Waals surface area contributed by atoms with E-state index in [0.29, 0.717) is 18.2 Å². The minimum atomic E-state index is -0.711. The maximum Gasteiger partial charge on any atom is 0.307 e. The van der Waals surface area contributed by atoms with Crippen molar-refractivity contribution in [2.75, 3.05) is 13.1 Å². The predicted octanol–water partition coefficient (Wildman–Crippen LogP) is 1.43. The highest BCUT2D eigenvalue weighted by Crippen LogP contribution is 2.18. The van der Waals surface area contributed by atoms with Crippen molar-refractivity contribution in [2.45, 2.75) is 19.4 Å². The second kappa shape index (κ2) is 5.42. The van der Waals surface area contributed by atoms with Crippen LogP contribution >= 0.6 is 11.6 Å². The van der Waals surface area contributed by atoms with Crippen LogP contribution in [0.4, 0.5) is 0 Å². The lowest BCUT2D eigenvalue weighted by Crippen LogP contribution is -2.38. The molecule has 1 saturated heterocycles. The lowest BCUT2D eigenvalue weighted by Gasteiger charge is -2.30. The Morgan fingerprint density at radius 3 is 3.00 bits per heavy atom. The molecular formula is C11H14ClN3O2. The van der Waals surface area contributed by atoms with E-state index in [1.807, 2.05) is 6.07 Å².